The molecule has 0 aromatic carbocycles. The van der Waals surface area contributed by atoms with E-state index in [9.17, 15) is 0 Å². The van der Waals surface area contributed by atoms with E-state index in [2.05, 4.69) is 30.5 Å². The van der Waals surface area contributed by atoms with Crippen molar-refractivity contribution < 1.29 is 4.74 Å². The lowest BCUT2D eigenvalue weighted by molar-refractivity contribution is 0.0863. The van der Waals surface area contributed by atoms with E-state index in [-0.39, 0.29) is 6.10 Å². The maximum Gasteiger partial charge on any atom is 0.223 e. The van der Waals surface area contributed by atoms with Gasteiger partial charge in [0.05, 0.1) is 0 Å². The lowest BCUT2D eigenvalue weighted by Gasteiger charge is -2.16. The molecule has 2 aromatic heterocycles. The number of nitrogens with zero attached hydrogens (tertiary/aromatic N) is 4. The number of hydrogen-bond acceptors (Lipinski definition) is 6. The molecule has 3 rings (SSSR count). The zero-order valence-corrected chi connectivity index (χ0v) is 12.6. The fraction of sp³-hybridized carbons (Fsp3) is 0.571. The Kier molecular flexibility index (Phi) is 3.83. The molecule has 112 valence electrons. The monoisotopic (exact) mass is 288 g/mol. The normalized spacial score (nSPS) is 21.7. The van der Waals surface area contributed by atoms with E-state index >= 15 is 0 Å². The molecule has 0 aliphatic carbocycles. The zero-order valence-electron chi connectivity index (χ0n) is 12.6. The van der Waals surface area contributed by atoms with Gasteiger partial charge in [-0.15, -0.1) is 0 Å². The molecule has 2 N–H and O–H groups in total. The van der Waals surface area contributed by atoms with Gasteiger partial charge in [0, 0.05) is 30.5 Å². The molecule has 0 amide bonds. The maximum atomic E-state index is 5.78. The van der Waals surface area contributed by atoms with Gasteiger partial charge in [-0.1, -0.05) is 0 Å². The van der Waals surface area contributed by atoms with Crippen LogP contribution in [0.4, 0.5) is 5.95 Å². The summed E-state index contributed by atoms with van der Waals surface area (Å²) in [6.07, 6.45) is 0.920. The second-order valence-electron chi connectivity index (χ2n) is 5.47. The summed E-state index contributed by atoms with van der Waals surface area (Å²) in [7, 11) is 0. The van der Waals surface area contributed by atoms with E-state index in [4.69, 9.17) is 4.74 Å². The smallest absolute Gasteiger partial charge is 0.223 e. The third kappa shape index (κ3) is 3.18. The molecule has 7 nitrogen and oxygen atoms in total. The highest BCUT2D eigenvalue weighted by Crippen LogP contribution is 2.32. The molecule has 0 saturated carbocycles. The average molecular weight is 288 g/mol. The first-order valence-electron chi connectivity index (χ1n) is 7.18. The molecule has 21 heavy (non-hydrogen) atoms. The van der Waals surface area contributed by atoms with E-state index in [0.29, 0.717) is 11.9 Å². The van der Waals surface area contributed by atoms with Crippen molar-refractivity contribution in [1.82, 2.24) is 25.1 Å². The molecule has 1 aliphatic heterocycles. The van der Waals surface area contributed by atoms with Gasteiger partial charge in [-0.05, 0) is 33.3 Å². The predicted octanol–water partition coefficient (Wildman–Crippen LogP) is 1.71. The van der Waals surface area contributed by atoms with Crippen molar-refractivity contribution >= 4 is 5.95 Å². The van der Waals surface area contributed by atoms with E-state index in [1.807, 2.05) is 26.8 Å². The minimum atomic E-state index is -0.0617. The standard InChI is InChI=1S/C14H20N6O/c1-8-6-9(2)17-14(16-8)15-7-11-4-5-21-12(11)13-18-10(3)19-20-13/h6,11-12H,4-5,7H2,1-3H3,(H,15,16,17)(H,18,19,20)/t11-,12-/m0/s1. The number of nitrogens with one attached hydrogen (secondary N) is 2. The van der Waals surface area contributed by atoms with Crippen molar-refractivity contribution in [2.24, 2.45) is 5.92 Å². The van der Waals surface area contributed by atoms with Gasteiger partial charge in [-0.25, -0.2) is 15.0 Å². The minimum Gasteiger partial charge on any atom is -0.370 e. The Morgan fingerprint density at radius 1 is 1.24 bits per heavy atom. The fourth-order valence-corrected chi connectivity index (χ4v) is 2.64. The summed E-state index contributed by atoms with van der Waals surface area (Å²) in [4.78, 5) is 13.2. The summed E-state index contributed by atoms with van der Waals surface area (Å²) in [5.41, 5.74) is 1.93. The van der Waals surface area contributed by atoms with Crippen molar-refractivity contribution in [3.05, 3.63) is 29.1 Å². The van der Waals surface area contributed by atoms with Crippen LogP contribution in [-0.2, 0) is 4.74 Å². The highest BCUT2D eigenvalue weighted by Gasteiger charge is 2.32. The Balaban J connectivity index is 1.66. The van der Waals surface area contributed by atoms with Crippen LogP contribution in [0.25, 0.3) is 0 Å². The van der Waals surface area contributed by atoms with Crippen LogP contribution >= 0.6 is 0 Å². The number of hydrogen-bond donors (Lipinski definition) is 2. The van der Waals surface area contributed by atoms with Crippen molar-refractivity contribution in [1.29, 1.82) is 0 Å². The zero-order chi connectivity index (χ0) is 14.8. The molecule has 0 bridgehead atoms. The number of aromatic nitrogens is 5. The Hall–Kier alpha value is -2.02. The molecule has 0 unspecified atom stereocenters. The van der Waals surface area contributed by atoms with Gasteiger partial charge in [0.15, 0.2) is 5.82 Å². The van der Waals surface area contributed by atoms with Crippen LogP contribution in [0.2, 0.25) is 0 Å². The third-order valence-electron chi connectivity index (χ3n) is 3.59. The Bertz CT molecular complexity index is 605. The lowest BCUT2D eigenvalue weighted by atomic mass is 10.0. The fourth-order valence-electron chi connectivity index (χ4n) is 2.64. The topological polar surface area (TPSA) is 88.6 Å². The summed E-state index contributed by atoms with van der Waals surface area (Å²) < 4.78 is 5.78. The quantitative estimate of drug-likeness (QED) is 0.890. The van der Waals surface area contributed by atoms with Gasteiger partial charge in [0.1, 0.15) is 11.9 Å². The molecule has 1 aliphatic rings. The number of aromatic amines is 1. The van der Waals surface area contributed by atoms with Crippen molar-refractivity contribution in [3.63, 3.8) is 0 Å². The first-order valence-corrected chi connectivity index (χ1v) is 7.18. The van der Waals surface area contributed by atoms with Crippen LogP contribution in [-0.4, -0.2) is 38.3 Å². The van der Waals surface area contributed by atoms with Crippen LogP contribution in [0.15, 0.2) is 6.07 Å². The maximum absolute atomic E-state index is 5.78. The first kappa shape index (κ1) is 13.9. The second kappa shape index (κ2) is 5.77. The van der Waals surface area contributed by atoms with Gasteiger partial charge in [0.2, 0.25) is 5.95 Å². The lowest BCUT2D eigenvalue weighted by Crippen LogP contribution is -2.20. The number of rotatable bonds is 4. The number of H-pyrrole nitrogens is 1. The summed E-state index contributed by atoms with van der Waals surface area (Å²) in [6, 6.07) is 1.96. The van der Waals surface area contributed by atoms with E-state index in [1.54, 1.807) is 0 Å². The molecule has 3 heterocycles. The van der Waals surface area contributed by atoms with Crippen LogP contribution in [0.5, 0.6) is 0 Å². The SMILES string of the molecule is Cc1cc(C)nc(NC[C@@H]2CCO[C@@H]2c2n[nH]c(C)n2)n1. The molecule has 0 radical (unpaired) electrons. The Morgan fingerprint density at radius 2 is 2.00 bits per heavy atom. The average Bonchev–Trinajstić information content (AvgIpc) is 3.03. The Labute approximate surface area is 123 Å². The van der Waals surface area contributed by atoms with Crippen LogP contribution in [0, 0.1) is 26.7 Å². The Morgan fingerprint density at radius 3 is 2.67 bits per heavy atom. The van der Waals surface area contributed by atoms with Gasteiger partial charge in [-0.2, -0.15) is 5.10 Å². The first-order chi connectivity index (χ1) is 10.1. The van der Waals surface area contributed by atoms with E-state index < -0.39 is 0 Å². The van der Waals surface area contributed by atoms with Gasteiger partial charge in [0.25, 0.3) is 0 Å². The molecule has 0 spiro atoms. The molecular formula is C14H20N6O. The number of anilines is 1. The second-order valence-corrected chi connectivity index (χ2v) is 5.47. The summed E-state index contributed by atoms with van der Waals surface area (Å²) in [6.45, 7) is 7.32. The molecular weight excluding hydrogens is 268 g/mol. The van der Waals surface area contributed by atoms with Crippen LogP contribution < -0.4 is 5.32 Å². The van der Waals surface area contributed by atoms with Crippen LogP contribution in [0.3, 0.4) is 0 Å². The van der Waals surface area contributed by atoms with Crippen molar-refractivity contribution in [3.8, 4) is 0 Å². The summed E-state index contributed by atoms with van der Waals surface area (Å²) in [5.74, 6) is 2.54. The van der Waals surface area contributed by atoms with E-state index in [1.165, 1.54) is 0 Å². The largest absolute Gasteiger partial charge is 0.370 e. The molecule has 7 heteroatoms. The van der Waals surface area contributed by atoms with E-state index in [0.717, 1.165) is 42.6 Å². The number of ether oxygens (including phenoxy) is 1. The molecule has 1 saturated heterocycles. The predicted molar refractivity (Wildman–Crippen MR) is 77.9 cm³/mol. The van der Waals surface area contributed by atoms with Crippen molar-refractivity contribution in [2.75, 3.05) is 18.5 Å². The summed E-state index contributed by atoms with van der Waals surface area (Å²) >= 11 is 0. The number of aryl methyl sites for hydroxylation is 3. The van der Waals surface area contributed by atoms with Crippen LogP contribution in [0.1, 0.15) is 35.6 Å². The highest BCUT2D eigenvalue weighted by atomic mass is 16.5. The molecule has 2 atom stereocenters. The highest BCUT2D eigenvalue weighted by molar-refractivity contribution is 5.27. The third-order valence-corrected chi connectivity index (χ3v) is 3.59. The van der Waals surface area contributed by atoms with Crippen molar-refractivity contribution in [2.45, 2.75) is 33.3 Å². The molecule has 1 fully saturated rings. The van der Waals surface area contributed by atoms with Gasteiger partial charge in [-0.3, -0.25) is 5.10 Å². The minimum absolute atomic E-state index is 0.0617. The van der Waals surface area contributed by atoms with Gasteiger partial charge < -0.3 is 10.1 Å². The molecule has 2 aromatic rings. The summed E-state index contributed by atoms with van der Waals surface area (Å²) in [5, 5.41) is 10.4. The van der Waals surface area contributed by atoms with Gasteiger partial charge >= 0.3 is 0 Å².